The van der Waals surface area contributed by atoms with E-state index < -0.39 is 0 Å². The summed E-state index contributed by atoms with van der Waals surface area (Å²) in [6.45, 7) is 3.04. The third-order valence-electron chi connectivity index (χ3n) is 5.52. The molecular weight excluding hydrogens is 351 g/mol. The maximum absolute atomic E-state index is 13.4. The molecule has 4 rings (SSSR count). The topological polar surface area (TPSA) is 82.7 Å². The van der Waals surface area contributed by atoms with Gasteiger partial charge in [0.05, 0.1) is 18.6 Å². The largest absolute Gasteiger partial charge is 0.419 e. The Balaban J connectivity index is 1.42. The minimum Gasteiger partial charge on any atom is -0.419 e. The van der Waals surface area contributed by atoms with Crippen molar-refractivity contribution in [1.29, 1.82) is 0 Å². The fourth-order valence-corrected chi connectivity index (χ4v) is 4.21. The molecule has 1 aromatic carbocycles. The van der Waals surface area contributed by atoms with Crippen LogP contribution in [0.4, 0.5) is 4.39 Å². The van der Waals surface area contributed by atoms with Gasteiger partial charge in [0.15, 0.2) is 0 Å². The van der Waals surface area contributed by atoms with Crippen LogP contribution in [0.1, 0.15) is 25.2 Å². The molecule has 1 aromatic heterocycles. The summed E-state index contributed by atoms with van der Waals surface area (Å²) in [5.74, 6) is 0.552. The Morgan fingerprint density at radius 2 is 2.15 bits per heavy atom. The minimum absolute atomic E-state index is 0.00360. The van der Waals surface area contributed by atoms with Gasteiger partial charge in [-0.1, -0.05) is 6.07 Å². The zero-order valence-corrected chi connectivity index (χ0v) is 15.1. The summed E-state index contributed by atoms with van der Waals surface area (Å²) >= 11 is 0. The predicted octanol–water partition coefficient (Wildman–Crippen LogP) is 1.68. The van der Waals surface area contributed by atoms with E-state index in [1.165, 1.54) is 12.1 Å². The van der Waals surface area contributed by atoms with Crippen LogP contribution in [-0.2, 0) is 11.3 Å². The van der Waals surface area contributed by atoms with E-state index in [9.17, 15) is 14.3 Å². The first-order chi connectivity index (χ1) is 13.1. The highest BCUT2D eigenvalue weighted by Gasteiger charge is 2.48. The fraction of sp³-hybridized carbons (Fsp3) is 0.526. The van der Waals surface area contributed by atoms with E-state index in [1.807, 2.05) is 0 Å². The monoisotopic (exact) mass is 374 g/mol. The van der Waals surface area contributed by atoms with E-state index in [0.29, 0.717) is 37.0 Å². The van der Waals surface area contributed by atoms with Crippen molar-refractivity contribution in [2.45, 2.75) is 25.8 Å². The van der Waals surface area contributed by atoms with Crippen LogP contribution in [0.5, 0.6) is 0 Å². The number of likely N-dealkylation sites (tertiary alicyclic amines) is 2. The second-order valence-corrected chi connectivity index (χ2v) is 7.37. The van der Waals surface area contributed by atoms with Crippen LogP contribution in [0.15, 0.2) is 28.7 Å². The number of hydrogen-bond acceptors (Lipinski definition) is 6. The van der Waals surface area contributed by atoms with Crippen LogP contribution in [0, 0.1) is 11.2 Å². The summed E-state index contributed by atoms with van der Waals surface area (Å²) in [4.78, 5) is 16.8. The number of halogens is 1. The zero-order chi connectivity index (χ0) is 18.9. The Bertz CT molecular complexity index is 825. The van der Waals surface area contributed by atoms with Gasteiger partial charge in [-0.25, -0.2) is 4.39 Å². The van der Waals surface area contributed by atoms with E-state index in [0.717, 1.165) is 32.4 Å². The van der Waals surface area contributed by atoms with Crippen molar-refractivity contribution in [3.8, 4) is 11.5 Å². The number of aliphatic hydroxyl groups excluding tert-OH is 1. The fourth-order valence-electron chi connectivity index (χ4n) is 4.21. The summed E-state index contributed by atoms with van der Waals surface area (Å²) in [5.41, 5.74) is 0.187. The van der Waals surface area contributed by atoms with Gasteiger partial charge in [-0.15, -0.1) is 10.2 Å². The van der Waals surface area contributed by atoms with Crippen molar-refractivity contribution >= 4 is 5.91 Å². The molecule has 2 aliphatic heterocycles. The molecule has 0 aliphatic carbocycles. The van der Waals surface area contributed by atoms with Crippen LogP contribution < -0.4 is 0 Å². The summed E-state index contributed by atoms with van der Waals surface area (Å²) in [5, 5.41) is 17.3. The Labute approximate surface area is 156 Å². The van der Waals surface area contributed by atoms with Gasteiger partial charge in [-0.3, -0.25) is 9.69 Å². The van der Waals surface area contributed by atoms with Crippen molar-refractivity contribution in [1.82, 2.24) is 20.0 Å². The number of aromatic nitrogens is 2. The summed E-state index contributed by atoms with van der Waals surface area (Å²) in [6, 6.07) is 6.05. The molecule has 0 bridgehead atoms. The number of carbonyl (C=O) groups is 1. The lowest BCUT2D eigenvalue weighted by molar-refractivity contribution is -0.146. The van der Waals surface area contributed by atoms with Gasteiger partial charge >= 0.3 is 0 Å². The standard InChI is InChI=1S/C19H23FN4O3/c20-15-4-1-3-14(11-15)17-22-21-16(27-17)12-23-8-6-19(13-23)5-2-7-24(9-10-25)18(19)26/h1,3-4,11,25H,2,5-10,12-13H2/t19-/m1/s1. The summed E-state index contributed by atoms with van der Waals surface area (Å²) < 4.78 is 19.1. The Morgan fingerprint density at radius 1 is 1.26 bits per heavy atom. The number of β-amino-alcohol motifs (C(OH)–C–C–N with tert-alkyl or cyclic N) is 1. The predicted molar refractivity (Wildman–Crippen MR) is 94.9 cm³/mol. The Kier molecular flexibility index (Phi) is 4.92. The molecule has 2 saturated heterocycles. The van der Waals surface area contributed by atoms with Crippen molar-refractivity contribution in [3.63, 3.8) is 0 Å². The van der Waals surface area contributed by atoms with E-state index in [-0.39, 0.29) is 23.7 Å². The van der Waals surface area contributed by atoms with E-state index in [1.54, 1.807) is 17.0 Å². The summed E-state index contributed by atoms with van der Waals surface area (Å²) in [7, 11) is 0. The molecule has 1 amide bonds. The second-order valence-electron chi connectivity index (χ2n) is 7.37. The number of nitrogens with zero attached hydrogens (tertiary/aromatic N) is 4. The van der Waals surface area contributed by atoms with Gasteiger partial charge in [-0.05, 0) is 44.0 Å². The first-order valence-corrected chi connectivity index (χ1v) is 9.31. The second kappa shape index (κ2) is 7.36. The van der Waals surface area contributed by atoms with Gasteiger partial charge in [0.2, 0.25) is 17.7 Å². The van der Waals surface area contributed by atoms with Crippen molar-refractivity contribution in [2.24, 2.45) is 5.41 Å². The van der Waals surface area contributed by atoms with Gasteiger partial charge in [0.25, 0.3) is 0 Å². The SMILES string of the molecule is O=C1N(CCO)CCC[C@]12CCN(Cc1nnc(-c3cccc(F)c3)o1)C2. The van der Waals surface area contributed by atoms with Crippen LogP contribution in [-0.4, -0.2) is 63.8 Å². The molecule has 7 nitrogen and oxygen atoms in total. The molecule has 1 N–H and O–H groups in total. The van der Waals surface area contributed by atoms with Gasteiger partial charge < -0.3 is 14.4 Å². The van der Waals surface area contributed by atoms with Crippen LogP contribution in [0.3, 0.4) is 0 Å². The third kappa shape index (κ3) is 3.59. The van der Waals surface area contributed by atoms with Crippen LogP contribution in [0.2, 0.25) is 0 Å². The average molecular weight is 374 g/mol. The van der Waals surface area contributed by atoms with Crippen LogP contribution in [0.25, 0.3) is 11.5 Å². The minimum atomic E-state index is -0.362. The number of benzene rings is 1. The lowest BCUT2D eigenvalue weighted by Gasteiger charge is -2.39. The first kappa shape index (κ1) is 18.1. The highest BCUT2D eigenvalue weighted by Crippen LogP contribution is 2.40. The van der Waals surface area contributed by atoms with E-state index in [2.05, 4.69) is 15.1 Å². The lowest BCUT2D eigenvalue weighted by Crippen LogP contribution is -2.50. The highest BCUT2D eigenvalue weighted by molar-refractivity contribution is 5.84. The number of hydrogen-bond donors (Lipinski definition) is 1. The molecule has 144 valence electrons. The number of amides is 1. The molecule has 27 heavy (non-hydrogen) atoms. The normalized spacial score (nSPS) is 23.5. The molecular formula is C19H23FN4O3. The molecule has 0 saturated carbocycles. The zero-order valence-electron chi connectivity index (χ0n) is 15.1. The van der Waals surface area contributed by atoms with Gasteiger partial charge in [0.1, 0.15) is 5.82 Å². The average Bonchev–Trinajstić information content (AvgIpc) is 3.28. The molecule has 1 atom stereocenters. The molecule has 1 spiro atoms. The van der Waals surface area contributed by atoms with Crippen molar-refractivity contribution < 1.29 is 18.7 Å². The van der Waals surface area contributed by atoms with E-state index in [4.69, 9.17) is 4.42 Å². The molecule has 3 heterocycles. The maximum Gasteiger partial charge on any atom is 0.247 e. The number of aliphatic hydroxyl groups is 1. The number of piperidine rings is 1. The number of carbonyl (C=O) groups excluding carboxylic acids is 1. The molecule has 2 aromatic rings. The third-order valence-corrected chi connectivity index (χ3v) is 5.52. The van der Waals surface area contributed by atoms with Crippen molar-refractivity contribution in [2.75, 3.05) is 32.8 Å². The van der Waals surface area contributed by atoms with Gasteiger partial charge in [-0.2, -0.15) is 0 Å². The van der Waals surface area contributed by atoms with Crippen molar-refractivity contribution in [3.05, 3.63) is 36.0 Å². The highest BCUT2D eigenvalue weighted by atomic mass is 19.1. The first-order valence-electron chi connectivity index (χ1n) is 9.31. The Morgan fingerprint density at radius 3 is 2.96 bits per heavy atom. The molecule has 2 fully saturated rings. The summed E-state index contributed by atoms with van der Waals surface area (Å²) in [6.07, 6.45) is 2.64. The molecule has 8 heteroatoms. The lowest BCUT2D eigenvalue weighted by atomic mass is 9.78. The van der Waals surface area contributed by atoms with Gasteiger partial charge in [0, 0.05) is 25.2 Å². The molecule has 0 unspecified atom stereocenters. The maximum atomic E-state index is 13.4. The quantitative estimate of drug-likeness (QED) is 0.858. The Hall–Kier alpha value is -2.32. The number of rotatable bonds is 5. The smallest absolute Gasteiger partial charge is 0.247 e. The molecule has 0 radical (unpaired) electrons. The van der Waals surface area contributed by atoms with Crippen LogP contribution >= 0.6 is 0 Å². The molecule has 2 aliphatic rings. The van der Waals surface area contributed by atoms with E-state index >= 15 is 0 Å².